The van der Waals surface area contributed by atoms with E-state index in [2.05, 4.69) is 44.5 Å². The fraction of sp³-hybridized carbons (Fsp3) is 0.846. The lowest BCUT2D eigenvalue weighted by molar-refractivity contribution is 0.0769. The van der Waals surface area contributed by atoms with E-state index >= 15 is 0 Å². The van der Waals surface area contributed by atoms with Gasteiger partial charge in [0.25, 0.3) is 0 Å². The third kappa shape index (κ3) is 6.26. The van der Waals surface area contributed by atoms with E-state index in [1.165, 1.54) is 0 Å². The number of rotatable bonds is 9. The standard InChI is InChI=1S/C13H28N2O/c1-7-8-15(12(4)5)13(10-16-6)9-14-11(2)3/h7,11-14H,1,8-10H2,2-6H3. The van der Waals surface area contributed by atoms with Crippen LogP contribution in [0.4, 0.5) is 0 Å². The molecule has 0 amide bonds. The van der Waals surface area contributed by atoms with Gasteiger partial charge in [0.2, 0.25) is 0 Å². The molecule has 0 aliphatic carbocycles. The largest absolute Gasteiger partial charge is 0.383 e. The van der Waals surface area contributed by atoms with Crippen LogP contribution in [0.3, 0.4) is 0 Å². The quantitative estimate of drug-likeness (QED) is 0.610. The lowest BCUT2D eigenvalue weighted by Crippen LogP contribution is -2.49. The molecule has 0 spiro atoms. The Kier molecular flexibility index (Phi) is 8.53. The summed E-state index contributed by atoms with van der Waals surface area (Å²) in [5.41, 5.74) is 0. The van der Waals surface area contributed by atoms with Gasteiger partial charge in [0.15, 0.2) is 0 Å². The van der Waals surface area contributed by atoms with Crippen molar-refractivity contribution >= 4 is 0 Å². The van der Waals surface area contributed by atoms with Crippen LogP contribution in [0.1, 0.15) is 27.7 Å². The van der Waals surface area contributed by atoms with Crippen molar-refractivity contribution in [2.24, 2.45) is 0 Å². The lowest BCUT2D eigenvalue weighted by Gasteiger charge is -2.34. The van der Waals surface area contributed by atoms with Crippen LogP contribution >= 0.6 is 0 Å². The number of nitrogens with one attached hydrogen (secondary N) is 1. The third-order valence-electron chi connectivity index (χ3n) is 2.59. The molecule has 96 valence electrons. The van der Waals surface area contributed by atoms with Crippen molar-refractivity contribution < 1.29 is 4.74 Å². The Balaban J connectivity index is 4.37. The average molecular weight is 228 g/mol. The van der Waals surface area contributed by atoms with Gasteiger partial charge < -0.3 is 10.1 Å². The normalized spacial score (nSPS) is 13.8. The molecule has 0 heterocycles. The van der Waals surface area contributed by atoms with Crippen molar-refractivity contribution in [2.45, 2.75) is 45.8 Å². The van der Waals surface area contributed by atoms with Crippen LogP contribution in [0.2, 0.25) is 0 Å². The number of ether oxygens (including phenoxy) is 1. The Morgan fingerprint density at radius 2 is 1.94 bits per heavy atom. The molecule has 1 N–H and O–H groups in total. The van der Waals surface area contributed by atoms with E-state index in [1.807, 2.05) is 6.08 Å². The predicted octanol–water partition coefficient (Wildman–Crippen LogP) is 1.90. The monoisotopic (exact) mass is 228 g/mol. The molecule has 3 heteroatoms. The van der Waals surface area contributed by atoms with E-state index in [9.17, 15) is 0 Å². The van der Waals surface area contributed by atoms with Crippen LogP contribution in [0.5, 0.6) is 0 Å². The Hall–Kier alpha value is -0.380. The topological polar surface area (TPSA) is 24.5 Å². The summed E-state index contributed by atoms with van der Waals surface area (Å²) in [4.78, 5) is 2.41. The van der Waals surface area contributed by atoms with E-state index in [0.717, 1.165) is 19.7 Å². The van der Waals surface area contributed by atoms with E-state index in [4.69, 9.17) is 4.74 Å². The van der Waals surface area contributed by atoms with Crippen molar-refractivity contribution in [2.75, 3.05) is 26.8 Å². The first-order valence-corrected chi connectivity index (χ1v) is 6.11. The van der Waals surface area contributed by atoms with Gasteiger partial charge in [-0.2, -0.15) is 0 Å². The minimum absolute atomic E-state index is 0.408. The first-order valence-electron chi connectivity index (χ1n) is 6.11. The summed E-state index contributed by atoms with van der Waals surface area (Å²) in [5.74, 6) is 0. The second kappa shape index (κ2) is 8.74. The average Bonchev–Trinajstić information content (AvgIpc) is 2.20. The van der Waals surface area contributed by atoms with Gasteiger partial charge in [-0.15, -0.1) is 6.58 Å². The Morgan fingerprint density at radius 1 is 1.31 bits per heavy atom. The molecule has 0 fully saturated rings. The molecule has 0 aromatic carbocycles. The molecule has 0 aliphatic heterocycles. The van der Waals surface area contributed by atoms with Gasteiger partial charge in [0.05, 0.1) is 6.61 Å². The highest BCUT2D eigenvalue weighted by Gasteiger charge is 2.19. The molecule has 1 atom stereocenters. The van der Waals surface area contributed by atoms with Gasteiger partial charge >= 0.3 is 0 Å². The predicted molar refractivity (Wildman–Crippen MR) is 70.8 cm³/mol. The van der Waals surface area contributed by atoms with Crippen LogP contribution in [-0.4, -0.2) is 49.8 Å². The van der Waals surface area contributed by atoms with Crippen LogP contribution < -0.4 is 5.32 Å². The molecule has 16 heavy (non-hydrogen) atoms. The minimum Gasteiger partial charge on any atom is -0.383 e. The second-order valence-electron chi connectivity index (χ2n) is 4.75. The maximum absolute atomic E-state index is 5.30. The fourth-order valence-corrected chi connectivity index (χ4v) is 1.77. The number of methoxy groups -OCH3 is 1. The van der Waals surface area contributed by atoms with Gasteiger partial charge in [0, 0.05) is 38.3 Å². The maximum Gasteiger partial charge on any atom is 0.0630 e. The summed E-state index contributed by atoms with van der Waals surface area (Å²) in [7, 11) is 1.76. The zero-order valence-electron chi connectivity index (χ0n) is 11.5. The van der Waals surface area contributed by atoms with Crippen LogP contribution in [-0.2, 0) is 4.74 Å². The first-order chi connectivity index (χ1) is 7.52. The lowest BCUT2D eigenvalue weighted by atomic mass is 10.2. The highest BCUT2D eigenvalue weighted by Crippen LogP contribution is 2.06. The summed E-state index contributed by atoms with van der Waals surface area (Å²) < 4.78 is 5.30. The molecule has 0 rings (SSSR count). The van der Waals surface area contributed by atoms with Gasteiger partial charge in [0.1, 0.15) is 0 Å². The maximum atomic E-state index is 5.30. The summed E-state index contributed by atoms with van der Waals surface area (Å²) in [6.07, 6.45) is 1.96. The highest BCUT2D eigenvalue weighted by molar-refractivity contribution is 4.83. The number of hydrogen-bond donors (Lipinski definition) is 1. The molecule has 1 unspecified atom stereocenters. The van der Waals surface area contributed by atoms with Gasteiger partial charge in [-0.3, -0.25) is 4.90 Å². The summed E-state index contributed by atoms with van der Waals surface area (Å²) in [5, 5.41) is 3.47. The summed E-state index contributed by atoms with van der Waals surface area (Å²) in [6, 6.07) is 1.43. The Labute approximate surface area is 101 Å². The molecule has 0 aromatic heterocycles. The van der Waals surface area contributed by atoms with Gasteiger partial charge in [-0.05, 0) is 13.8 Å². The molecule has 0 aromatic rings. The zero-order valence-corrected chi connectivity index (χ0v) is 11.5. The van der Waals surface area contributed by atoms with E-state index in [-0.39, 0.29) is 0 Å². The molecule has 0 saturated carbocycles. The van der Waals surface area contributed by atoms with Crippen molar-refractivity contribution in [3.8, 4) is 0 Å². The van der Waals surface area contributed by atoms with Gasteiger partial charge in [-0.1, -0.05) is 19.9 Å². The molecule has 0 aliphatic rings. The van der Waals surface area contributed by atoms with E-state index in [1.54, 1.807) is 7.11 Å². The Morgan fingerprint density at radius 3 is 2.31 bits per heavy atom. The van der Waals surface area contributed by atoms with Crippen molar-refractivity contribution in [1.82, 2.24) is 10.2 Å². The summed E-state index contributed by atoms with van der Waals surface area (Å²) >= 11 is 0. The fourth-order valence-electron chi connectivity index (χ4n) is 1.77. The summed E-state index contributed by atoms with van der Waals surface area (Å²) in [6.45, 7) is 15.2. The first kappa shape index (κ1) is 15.6. The molecular weight excluding hydrogens is 200 g/mol. The molecule has 0 bridgehead atoms. The van der Waals surface area contributed by atoms with Crippen LogP contribution in [0.25, 0.3) is 0 Å². The smallest absolute Gasteiger partial charge is 0.0630 e. The van der Waals surface area contributed by atoms with Crippen molar-refractivity contribution in [3.63, 3.8) is 0 Å². The Bertz CT molecular complexity index is 181. The molecule has 0 radical (unpaired) electrons. The minimum atomic E-state index is 0.408. The van der Waals surface area contributed by atoms with E-state index in [0.29, 0.717) is 18.1 Å². The van der Waals surface area contributed by atoms with E-state index < -0.39 is 0 Å². The highest BCUT2D eigenvalue weighted by atomic mass is 16.5. The third-order valence-corrected chi connectivity index (χ3v) is 2.59. The number of hydrogen-bond acceptors (Lipinski definition) is 3. The molecule has 0 saturated heterocycles. The molecular formula is C13H28N2O. The zero-order chi connectivity index (χ0) is 12.6. The van der Waals surface area contributed by atoms with Crippen molar-refractivity contribution in [1.29, 1.82) is 0 Å². The molecule has 3 nitrogen and oxygen atoms in total. The van der Waals surface area contributed by atoms with Crippen LogP contribution in [0, 0.1) is 0 Å². The van der Waals surface area contributed by atoms with Crippen molar-refractivity contribution in [3.05, 3.63) is 12.7 Å². The SMILES string of the molecule is C=CCN(C(C)C)C(CNC(C)C)COC. The second-order valence-corrected chi connectivity index (χ2v) is 4.75. The number of nitrogens with zero attached hydrogens (tertiary/aromatic N) is 1. The van der Waals surface area contributed by atoms with Crippen LogP contribution in [0.15, 0.2) is 12.7 Å². The van der Waals surface area contributed by atoms with Gasteiger partial charge in [-0.25, -0.2) is 0 Å².